The fraction of sp³-hybridized carbons (Fsp3) is 0.381. The van der Waals surface area contributed by atoms with Gasteiger partial charge in [0.2, 0.25) is 11.7 Å². The van der Waals surface area contributed by atoms with Crippen LogP contribution in [-0.2, 0) is 25.5 Å². The number of hydrogen-bond donors (Lipinski definition) is 0. The van der Waals surface area contributed by atoms with E-state index in [1.165, 1.54) is 11.3 Å². The first kappa shape index (κ1) is 21.0. The first-order valence-corrected chi connectivity index (χ1v) is 10.2. The Morgan fingerprint density at radius 3 is 2.59 bits per heavy atom. The summed E-state index contributed by atoms with van der Waals surface area (Å²) in [6.07, 6.45) is 0.252. The molecule has 1 aromatic carbocycles. The normalized spacial score (nSPS) is 13.8. The number of benzene rings is 1. The highest BCUT2D eigenvalue weighted by Gasteiger charge is 2.19. The number of thiophene rings is 1. The number of para-hydroxylation sites is 1. The molecule has 1 aromatic heterocycles. The molecule has 29 heavy (non-hydrogen) atoms. The third-order valence-corrected chi connectivity index (χ3v) is 5.56. The van der Waals surface area contributed by atoms with Crippen LogP contribution < -0.4 is 4.74 Å². The van der Waals surface area contributed by atoms with E-state index in [1.54, 1.807) is 23.1 Å². The van der Waals surface area contributed by atoms with Crippen molar-refractivity contribution in [1.82, 2.24) is 4.90 Å². The van der Waals surface area contributed by atoms with Gasteiger partial charge >= 0.3 is 5.97 Å². The molecule has 1 aliphatic heterocycles. The average molecular weight is 417 g/mol. The minimum absolute atomic E-state index is 0.0222. The second-order valence-electron chi connectivity index (χ2n) is 6.57. The molecule has 0 atom stereocenters. The quantitative estimate of drug-likeness (QED) is 0.484. The summed E-state index contributed by atoms with van der Waals surface area (Å²) in [6.45, 7) is 3.56. The molecule has 154 valence electrons. The van der Waals surface area contributed by atoms with Gasteiger partial charge in [-0.25, -0.2) is 4.79 Å². The van der Waals surface area contributed by atoms with E-state index < -0.39 is 5.97 Å². The number of Topliss-reactive ketones (excluding diaryl/α,β-unsaturated/α-hetero) is 1. The van der Waals surface area contributed by atoms with E-state index in [0.717, 1.165) is 10.4 Å². The maximum atomic E-state index is 12.3. The van der Waals surface area contributed by atoms with Crippen LogP contribution in [0, 0.1) is 6.92 Å². The number of ketones is 1. The highest BCUT2D eigenvalue weighted by molar-refractivity contribution is 7.14. The minimum atomic E-state index is -0.610. The van der Waals surface area contributed by atoms with E-state index in [4.69, 9.17) is 14.2 Å². The third kappa shape index (κ3) is 6.13. The van der Waals surface area contributed by atoms with Crippen LogP contribution >= 0.6 is 11.3 Å². The SMILES string of the molecule is Cc1ccccc1OCC(=O)OCC(=O)c1ccc(CC(=O)N2CCOCC2)s1. The highest BCUT2D eigenvalue weighted by atomic mass is 32.1. The van der Waals surface area contributed by atoms with Crippen LogP contribution in [-0.4, -0.2) is 62.1 Å². The Kier molecular flexibility index (Phi) is 7.37. The van der Waals surface area contributed by atoms with Gasteiger partial charge in [-0.1, -0.05) is 18.2 Å². The van der Waals surface area contributed by atoms with Crippen molar-refractivity contribution in [1.29, 1.82) is 0 Å². The van der Waals surface area contributed by atoms with Gasteiger partial charge in [-0.05, 0) is 30.7 Å². The number of ether oxygens (including phenoxy) is 3. The van der Waals surface area contributed by atoms with Gasteiger partial charge in [-0.2, -0.15) is 0 Å². The lowest BCUT2D eigenvalue weighted by Gasteiger charge is -2.26. The van der Waals surface area contributed by atoms with Crippen LogP contribution in [0.25, 0.3) is 0 Å². The number of rotatable bonds is 8. The van der Waals surface area contributed by atoms with E-state index >= 15 is 0 Å². The van der Waals surface area contributed by atoms with Gasteiger partial charge in [0.1, 0.15) is 5.75 Å². The van der Waals surface area contributed by atoms with Crippen LogP contribution in [0.4, 0.5) is 0 Å². The molecule has 1 fully saturated rings. The summed E-state index contributed by atoms with van der Waals surface area (Å²) in [7, 11) is 0. The molecule has 2 heterocycles. The average Bonchev–Trinajstić information content (AvgIpc) is 3.20. The number of amides is 1. The molecular formula is C21H23NO6S. The smallest absolute Gasteiger partial charge is 0.344 e. The molecule has 3 rings (SSSR count). The van der Waals surface area contributed by atoms with Crippen molar-refractivity contribution in [2.75, 3.05) is 39.5 Å². The van der Waals surface area contributed by atoms with Crippen molar-refractivity contribution in [2.45, 2.75) is 13.3 Å². The fourth-order valence-electron chi connectivity index (χ4n) is 2.81. The van der Waals surface area contributed by atoms with Crippen LogP contribution in [0.3, 0.4) is 0 Å². The lowest BCUT2D eigenvalue weighted by molar-refractivity contribution is -0.144. The Hall–Kier alpha value is -2.71. The first-order chi connectivity index (χ1) is 14.0. The van der Waals surface area contributed by atoms with Gasteiger partial charge in [0.15, 0.2) is 13.2 Å². The topological polar surface area (TPSA) is 82.1 Å². The summed E-state index contributed by atoms with van der Waals surface area (Å²) in [6, 6.07) is 10.8. The van der Waals surface area contributed by atoms with Crippen LogP contribution in [0.2, 0.25) is 0 Å². The number of hydrogen-bond acceptors (Lipinski definition) is 7. The number of esters is 1. The van der Waals surface area contributed by atoms with Gasteiger partial charge in [-0.3, -0.25) is 9.59 Å². The number of aryl methyl sites for hydroxylation is 1. The zero-order chi connectivity index (χ0) is 20.6. The van der Waals surface area contributed by atoms with Crippen molar-refractivity contribution < 1.29 is 28.6 Å². The number of carbonyl (C=O) groups excluding carboxylic acids is 3. The van der Waals surface area contributed by atoms with E-state index in [0.29, 0.717) is 36.9 Å². The summed E-state index contributed by atoms with van der Waals surface area (Å²) in [5, 5.41) is 0. The molecule has 8 heteroatoms. The van der Waals surface area contributed by atoms with Crippen LogP contribution in [0.15, 0.2) is 36.4 Å². The molecule has 1 saturated heterocycles. The molecule has 7 nitrogen and oxygen atoms in total. The molecule has 1 aliphatic rings. The minimum Gasteiger partial charge on any atom is -0.482 e. The van der Waals surface area contributed by atoms with Gasteiger partial charge < -0.3 is 19.1 Å². The Labute approximate surface area is 173 Å². The van der Waals surface area contributed by atoms with Gasteiger partial charge in [0.25, 0.3) is 0 Å². The number of carbonyl (C=O) groups is 3. The van der Waals surface area contributed by atoms with Gasteiger partial charge in [0.05, 0.1) is 24.5 Å². The second kappa shape index (κ2) is 10.2. The summed E-state index contributed by atoms with van der Waals surface area (Å²) >= 11 is 1.25. The fourth-order valence-corrected chi connectivity index (χ4v) is 3.73. The molecule has 0 bridgehead atoms. The Morgan fingerprint density at radius 1 is 1.07 bits per heavy atom. The molecule has 0 unspecified atom stereocenters. The zero-order valence-electron chi connectivity index (χ0n) is 16.2. The maximum Gasteiger partial charge on any atom is 0.344 e. The van der Waals surface area contributed by atoms with Crippen molar-refractivity contribution in [3.8, 4) is 5.75 Å². The number of morpholine rings is 1. The zero-order valence-corrected chi connectivity index (χ0v) is 17.0. The van der Waals surface area contributed by atoms with E-state index in [2.05, 4.69) is 0 Å². The highest BCUT2D eigenvalue weighted by Crippen LogP contribution is 2.19. The largest absolute Gasteiger partial charge is 0.482 e. The standard InChI is InChI=1S/C21H23NO6S/c1-15-4-2-3-5-18(15)27-14-21(25)28-13-17(23)19-7-6-16(29-19)12-20(24)22-8-10-26-11-9-22/h2-7H,8-14H2,1H3. The number of nitrogens with zero attached hydrogens (tertiary/aromatic N) is 1. The lowest BCUT2D eigenvalue weighted by Crippen LogP contribution is -2.41. The predicted molar refractivity (Wildman–Crippen MR) is 107 cm³/mol. The molecule has 0 spiro atoms. The van der Waals surface area contributed by atoms with Gasteiger partial charge in [-0.15, -0.1) is 11.3 Å². The van der Waals surface area contributed by atoms with Gasteiger partial charge in [0, 0.05) is 18.0 Å². The van der Waals surface area contributed by atoms with E-state index in [1.807, 2.05) is 25.1 Å². The lowest BCUT2D eigenvalue weighted by atomic mass is 10.2. The molecule has 0 radical (unpaired) electrons. The molecule has 0 N–H and O–H groups in total. The van der Waals surface area contributed by atoms with Crippen LogP contribution in [0.5, 0.6) is 5.75 Å². The van der Waals surface area contributed by atoms with Crippen molar-refractivity contribution in [3.63, 3.8) is 0 Å². The van der Waals surface area contributed by atoms with E-state index in [-0.39, 0.29) is 31.3 Å². The molecular weight excluding hydrogens is 394 g/mol. The summed E-state index contributed by atoms with van der Waals surface area (Å²) in [4.78, 5) is 39.4. The van der Waals surface area contributed by atoms with Crippen molar-refractivity contribution in [3.05, 3.63) is 51.7 Å². The summed E-state index contributed by atoms with van der Waals surface area (Å²) < 4.78 is 15.7. The molecule has 0 aliphatic carbocycles. The second-order valence-corrected chi connectivity index (χ2v) is 7.74. The first-order valence-electron chi connectivity index (χ1n) is 9.34. The monoisotopic (exact) mass is 417 g/mol. The molecule has 1 amide bonds. The molecule has 0 saturated carbocycles. The van der Waals surface area contributed by atoms with Crippen molar-refractivity contribution >= 4 is 29.0 Å². The third-order valence-electron chi connectivity index (χ3n) is 4.43. The Bertz CT molecular complexity index is 872. The summed E-state index contributed by atoms with van der Waals surface area (Å²) in [5.74, 6) is -0.289. The summed E-state index contributed by atoms with van der Waals surface area (Å²) in [5.41, 5.74) is 0.911. The Balaban J connectivity index is 1.43. The molecule has 2 aromatic rings. The van der Waals surface area contributed by atoms with Crippen LogP contribution in [0.1, 0.15) is 20.1 Å². The van der Waals surface area contributed by atoms with Crippen molar-refractivity contribution in [2.24, 2.45) is 0 Å². The maximum absolute atomic E-state index is 12.3. The predicted octanol–water partition coefficient (Wildman–Crippen LogP) is 2.26. The Morgan fingerprint density at radius 2 is 1.83 bits per heavy atom. The van der Waals surface area contributed by atoms with E-state index in [9.17, 15) is 14.4 Å².